The first-order valence-electron chi connectivity index (χ1n) is 5.21. The quantitative estimate of drug-likeness (QED) is 0.713. The lowest BCUT2D eigenvalue weighted by Gasteiger charge is -2.27. The summed E-state index contributed by atoms with van der Waals surface area (Å²) < 4.78 is 0. The van der Waals surface area contributed by atoms with Gasteiger partial charge in [-0.25, -0.2) is 0 Å². The molecule has 1 heterocycles. The van der Waals surface area contributed by atoms with Crippen LogP contribution in [0.3, 0.4) is 0 Å². The van der Waals surface area contributed by atoms with Gasteiger partial charge in [0.05, 0.1) is 5.37 Å². The van der Waals surface area contributed by atoms with Crippen molar-refractivity contribution in [2.24, 2.45) is 11.7 Å². The van der Waals surface area contributed by atoms with Gasteiger partial charge >= 0.3 is 0 Å². The molecule has 13 heavy (non-hydrogen) atoms. The molecular formula is C10H18N2S. The minimum absolute atomic E-state index is 0.624. The van der Waals surface area contributed by atoms with E-state index < -0.39 is 0 Å². The van der Waals surface area contributed by atoms with Crippen molar-refractivity contribution in [3.63, 3.8) is 0 Å². The van der Waals surface area contributed by atoms with Gasteiger partial charge in [-0.1, -0.05) is 19.3 Å². The maximum atomic E-state index is 5.58. The number of thioether (sulfide) groups is 1. The molecule has 0 spiro atoms. The van der Waals surface area contributed by atoms with Gasteiger partial charge in [-0.2, -0.15) is 0 Å². The maximum Gasteiger partial charge on any atom is 0.0789 e. The highest BCUT2D eigenvalue weighted by molar-refractivity contribution is 8.03. The van der Waals surface area contributed by atoms with Crippen molar-refractivity contribution in [3.8, 4) is 0 Å². The zero-order chi connectivity index (χ0) is 9.10. The van der Waals surface area contributed by atoms with Crippen molar-refractivity contribution in [1.29, 1.82) is 0 Å². The van der Waals surface area contributed by atoms with Gasteiger partial charge in [0, 0.05) is 12.2 Å². The van der Waals surface area contributed by atoms with Gasteiger partial charge in [0.25, 0.3) is 0 Å². The van der Waals surface area contributed by atoms with Crippen LogP contribution in [-0.2, 0) is 0 Å². The summed E-state index contributed by atoms with van der Waals surface area (Å²) in [6.07, 6.45) is 7.07. The molecule has 1 aliphatic heterocycles. The predicted octanol–water partition coefficient (Wildman–Crippen LogP) is 2.03. The van der Waals surface area contributed by atoms with E-state index in [0.717, 1.165) is 5.92 Å². The minimum atomic E-state index is 0.624. The number of hydrogen-bond acceptors (Lipinski definition) is 3. The van der Waals surface area contributed by atoms with E-state index in [1.54, 1.807) is 0 Å². The molecule has 1 atom stereocenters. The molecule has 3 heteroatoms. The van der Waals surface area contributed by atoms with Crippen LogP contribution in [0, 0.1) is 5.92 Å². The van der Waals surface area contributed by atoms with Crippen LogP contribution in [0.15, 0.2) is 11.1 Å². The van der Waals surface area contributed by atoms with Crippen molar-refractivity contribution in [2.75, 3.05) is 6.54 Å². The first-order chi connectivity index (χ1) is 6.40. The Morgan fingerprint density at radius 3 is 2.77 bits per heavy atom. The van der Waals surface area contributed by atoms with Crippen molar-refractivity contribution in [2.45, 2.75) is 37.5 Å². The number of nitrogens with two attached hydrogens (primary N) is 1. The summed E-state index contributed by atoms with van der Waals surface area (Å²) in [6, 6.07) is 0. The highest BCUT2D eigenvalue weighted by Gasteiger charge is 2.26. The van der Waals surface area contributed by atoms with Gasteiger partial charge in [-0.15, -0.1) is 11.8 Å². The molecule has 2 nitrogen and oxygen atoms in total. The molecule has 1 saturated carbocycles. The van der Waals surface area contributed by atoms with Crippen molar-refractivity contribution in [3.05, 3.63) is 11.1 Å². The van der Waals surface area contributed by atoms with Crippen LogP contribution in [0.1, 0.15) is 32.1 Å². The van der Waals surface area contributed by atoms with E-state index in [0.29, 0.717) is 11.9 Å². The molecular weight excluding hydrogens is 180 g/mol. The first kappa shape index (κ1) is 9.41. The van der Waals surface area contributed by atoms with Crippen LogP contribution in [0.25, 0.3) is 0 Å². The van der Waals surface area contributed by atoms with Gasteiger partial charge in [0.2, 0.25) is 0 Å². The van der Waals surface area contributed by atoms with Gasteiger partial charge in [-0.05, 0) is 24.2 Å². The summed E-state index contributed by atoms with van der Waals surface area (Å²) in [7, 11) is 0. The Hall–Kier alpha value is -0.150. The Balaban J connectivity index is 1.83. The summed E-state index contributed by atoms with van der Waals surface area (Å²) in [6.45, 7) is 0.663. The normalized spacial score (nSPS) is 29.9. The molecule has 2 rings (SSSR count). The van der Waals surface area contributed by atoms with Crippen LogP contribution in [-0.4, -0.2) is 11.9 Å². The Kier molecular flexibility index (Phi) is 3.17. The second kappa shape index (κ2) is 4.38. The van der Waals surface area contributed by atoms with Crippen LogP contribution < -0.4 is 11.1 Å². The highest BCUT2D eigenvalue weighted by Crippen LogP contribution is 2.35. The molecule has 0 amide bonds. The molecule has 0 bridgehead atoms. The van der Waals surface area contributed by atoms with E-state index in [-0.39, 0.29) is 0 Å². The SMILES string of the molecule is NCC1=CSC(C2CCCCC2)N1. The molecule has 1 unspecified atom stereocenters. The predicted molar refractivity (Wildman–Crippen MR) is 58.2 cm³/mol. The maximum absolute atomic E-state index is 5.58. The Morgan fingerprint density at radius 2 is 2.15 bits per heavy atom. The largest absolute Gasteiger partial charge is 0.375 e. The Bertz CT molecular complexity index is 197. The molecule has 0 aromatic rings. The third-order valence-electron chi connectivity index (χ3n) is 2.98. The monoisotopic (exact) mass is 198 g/mol. The van der Waals surface area contributed by atoms with Gasteiger partial charge in [-0.3, -0.25) is 0 Å². The fraction of sp³-hybridized carbons (Fsp3) is 0.800. The molecule has 0 aromatic carbocycles. The third-order valence-corrected chi connectivity index (χ3v) is 4.20. The average Bonchev–Trinajstić information content (AvgIpc) is 2.67. The van der Waals surface area contributed by atoms with Gasteiger partial charge in [0.1, 0.15) is 0 Å². The molecule has 74 valence electrons. The third kappa shape index (κ3) is 2.20. The van der Waals surface area contributed by atoms with Crippen molar-refractivity contribution in [1.82, 2.24) is 5.32 Å². The molecule has 3 N–H and O–H groups in total. The zero-order valence-electron chi connectivity index (χ0n) is 7.96. The lowest BCUT2D eigenvalue weighted by atomic mass is 9.89. The van der Waals surface area contributed by atoms with Crippen LogP contribution in [0.2, 0.25) is 0 Å². The molecule has 1 fully saturated rings. The van der Waals surface area contributed by atoms with E-state index in [4.69, 9.17) is 5.73 Å². The zero-order valence-corrected chi connectivity index (χ0v) is 8.78. The van der Waals surface area contributed by atoms with Crippen LogP contribution in [0.5, 0.6) is 0 Å². The fourth-order valence-corrected chi connectivity index (χ4v) is 3.37. The van der Waals surface area contributed by atoms with Gasteiger partial charge < -0.3 is 11.1 Å². The van der Waals surface area contributed by atoms with Crippen LogP contribution >= 0.6 is 11.8 Å². The van der Waals surface area contributed by atoms with E-state index in [9.17, 15) is 0 Å². The van der Waals surface area contributed by atoms with E-state index in [2.05, 4.69) is 10.7 Å². The lowest BCUT2D eigenvalue weighted by Crippen LogP contribution is -2.32. The van der Waals surface area contributed by atoms with Gasteiger partial charge in [0.15, 0.2) is 0 Å². The highest BCUT2D eigenvalue weighted by atomic mass is 32.2. The summed E-state index contributed by atoms with van der Waals surface area (Å²) in [4.78, 5) is 0. The smallest absolute Gasteiger partial charge is 0.0789 e. The molecule has 0 saturated heterocycles. The van der Waals surface area contributed by atoms with E-state index in [1.165, 1.54) is 37.8 Å². The van der Waals surface area contributed by atoms with E-state index in [1.807, 2.05) is 11.8 Å². The number of nitrogens with one attached hydrogen (secondary N) is 1. The summed E-state index contributed by atoms with van der Waals surface area (Å²) >= 11 is 1.93. The molecule has 1 aliphatic carbocycles. The standard InChI is InChI=1S/C10H18N2S/c11-6-9-7-13-10(12-9)8-4-2-1-3-5-8/h7-8,10,12H,1-6,11H2. The topological polar surface area (TPSA) is 38.0 Å². The second-order valence-electron chi connectivity index (χ2n) is 3.95. The second-order valence-corrected chi connectivity index (χ2v) is 4.96. The number of hydrogen-bond donors (Lipinski definition) is 2. The summed E-state index contributed by atoms with van der Waals surface area (Å²) in [5.74, 6) is 0.874. The fourth-order valence-electron chi connectivity index (χ4n) is 2.18. The summed E-state index contributed by atoms with van der Waals surface area (Å²) in [5.41, 5.74) is 6.80. The minimum Gasteiger partial charge on any atom is -0.375 e. The Morgan fingerprint density at radius 1 is 1.38 bits per heavy atom. The summed E-state index contributed by atoms with van der Waals surface area (Å²) in [5, 5.41) is 6.33. The first-order valence-corrected chi connectivity index (χ1v) is 6.15. The molecule has 2 aliphatic rings. The number of rotatable bonds is 2. The lowest BCUT2D eigenvalue weighted by molar-refractivity contribution is 0.335. The Labute approximate surface area is 84.3 Å². The average molecular weight is 198 g/mol. The molecule has 0 aromatic heterocycles. The van der Waals surface area contributed by atoms with Crippen molar-refractivity contribution >= 4 is 11.8 Å². The molecule has 0 radical (unpaired) electrons. The van der Waals surface area contributed by atoms with E-state index >= 15 is 0 Å². The van der Waals surface area contributed by atoms with Crippen molar-refractivity contribution < 1.29 is 0 Å². The van der Waals surface area contributed by atoms with Crippen LogP contribution in [0.4, 0.5) is 0 Å².